The van der Waals surface area contributed by atoms with E-state index in [2.05, 4.69) is 5.32 Å². The second-order valence-corrected chi connectivity index (χ2v) is 8.48. The van der Waals surface area contributed by atoms with Gasteiger partial charge in [-0.15, -0.1) is 0 Å². The third-order valence-electron chi connectivity index (χ3n) is 4.43. The van der Waals surface area contributed by atoms with Gasteiger partial charge in [0, 0.05) is 10.6 Å². The third kappa shape index (κ3) is 5.28. The van der Waals surface area contributed by atoms with Crippen molar-refractivity contribution in [2.75, 3.05) is 5.32 Å². The molecule has 154 valence electrons. The molecule has 0 aliphatic rings. The minimum atomic E-state index is -0.650. The predicted molar refractivity (Wildman–Crippen MR) is 121 cm³/mol. The van der Waals surface area contributed by atoms with Gasteiger partial charge in [0.1, 0.15) is 5.60 Å². The number of benzene rings is 3. The lowest BCUT2D eigenvalue weighted by Gasteiger charge is -2.21. The van der Waals surface area contributed by atoms with E-state index >= 15 is 0 Å². The molecule has 3 rings (SSSR count). The highest BCUT2D eigenvalue weighted by Gasteiger charge is 2.22. The monoisotopic (exact) mass is 421 g/mol. The summed E-state index contributed by atoms with van der Waals surface area (Å²) in [6.07, 6.45) is 0. The maximum Gasteiger partial charge on any atom is 0.340 e. The van der Waals surface area contributed by atoms with Crippen LogP contribution in [0.5, 0.6) is 0 Å². The molecule has 0 bridgehead atoms. The second kappa shape index (κ2) is 8.72. The highest BCUT2D eigenvalue weighted by molar-refractivity contribution is 6.30. The molecule has 0 aromatic heterocycles. The Hall–Kier alpha value is -3.11. The van der Waals surface area contributed by atoms with Crippen LogP contribution in [0.1, 0.15) is 47.1 Å². The Morgan fingerprint density at radius 1 is 0.867 bits per heavy atom. The van der Waals surface area contributed by atoms with Gasteiger partial charge in [-0.05, 0) is 74.7 Å². The number of amides is 1. The standard InChI is InChI=1S/C25H24ClNO3/c1-16-14-19(26)11-13-20(16)23(28)27-22-15-18(17-8-6-5-7-9-17)10-12-21(22)24(29)30-25(2,3)4/h5-15H,1-4H3,(H,27,28). The molecule has 1 amide bonds. The first-order valence-corrected chi connectivity index (χ1v) is 10.0. The Labute approximate surface area is 181 Å². The number of aryl methyl sites for hydroxylation is 1. The first-order valence-electron chi connectivity index (χ1n) is 9.64. The van der Waals surface area contributed by atoms with E-state index < -0.39 is 11.6 Å². The Balaban J connectivity index is 2.01. The maximum atomic E-state index is 12.9. The first kappa shape index (κ1) is 21.6. The Morgan fingerprint density at radius 2 is 1.53 bits per heavy atom. The minimum Gasteiger partial charge on any atom is -0.456 e. The zero-order valence-corrected chi connectivity index (χ0v) is 18.2. The summed E-state index contributed by atoms with van der Waals surface area (Å²) < 4.78 is 5.53. The number of ether oxygens (including phenoxy) is 1. The summed E-state index contributed by atoms with van der Waals surface area (Å²) in [6, 6.07) is 20.1. The molecule has 0 heterocycles. The maximum absolute atomic E-state index is 12.9. The number of carbonyl (C=O) groups excluding carboxylic acids is 2. The van der Waals surface area contributed by atoms with Crippen molar-refractivity contribution in [2.45, 2.75) is 33.3 Å². The van der Waals surface area contributed by atoms with E-state index in [1.807, 2.05) is 43.3 Å². The highest BCUT2D eigenvalue weighted by atomic mass is 35.5. The molecule has 1 N–H and O–H groups in total. The zero-order valence-electron chi connectivity index (χ0n) is 17.5. The molecule has 0 aliphatic carbocycles. The number of rotatable bonds is 4. The van der Waals surface area contributed by atoms with Crippen LogP contribution < -0.4 is 5.32 Å². The predicted octanol–water partition coefficient (Wildman–Crippen LogP) is 6.52. The summed E-state index contributed by atoms with van der Waals surface area (Å²) in [4.78, 5) is 25.7. The normalized spacial score (nSPS) is 11.1. The average Bonchev–Trinajstić information content (AvgIpc) is 2.67. The zero-order chi connectivity index (χ0) is 21.9. The smallest absolute Gasteiger partial charge is 0.340 e. The topological polar surface area (TPSA) is 55.4 Å². The van der Waals surface area contributed by atoms with E-state index in [1.54, 1.807) is 51.1 Å². The number of carbonyl (C=O) groups is 2. The van der Waals surface area contributed by atoms with Crippen molar-refractivity contribution in [3.8, 4) is 11.1 Å². The fourth-order valence-corrected chi connectivity index (χ4v) is 3.27. The number of esters is 1. The van der Waals surface area contributed by atoms with E-state index in [4.69, 9.17) is 16.3 Å². The van der Waals surface area contributed by atoms with Gasteiger partial charge in [0.25, 0.3) is 5.91 Å². The van der Waals surface area contributed by atoms with Gasteiger partial charge in [0.2, 0.25) is 0 Å². The molecule has 0 saturated carbocycles. The van der Waals surface area contributed by atoms with Gasteiger partial charge >= 0.3 is 5.97 Å². The SMILES string of the molecule is Cc1cc(Cl)ccc1C(=O)Nc1cc(-c2ccccc2)ccc1C(=O)OC(C)(C)C. The molecule has 0 unspecified atom stereocenters. The van der Waals surface area contributed by atoms with Crippen molar-refractivity contribution in [1.29, 1.82) is 0 Å². The van der Waals surface area contributed by atoms with Crippen molar-refractivity contribution in [3.05, 3.63) is 88.4 Å². The molecule has 0 radical (unpaired) electrons. The van der Waals surface area contributed by atoms with E-state index in [-0.39, 0.29) is 5.91 Å². The van der Waals surface area contributed by atoms with Crippen LogP contribution in [0.3, 0.4) is 0 Å². The average molecular weight is 422 g/mol. The van der Waals surface area contributed by atoms with E-state index in [1.165, 1.54) is 0 Å². The summed E-state index contributed by atoms with van der Waals surface area (Å²) in [5.41, 5.74) is 3.13. The van der Waals surface area contributed by atoms with Crippen molar-refractivity contribution < 1.29 is 14.3 Å². The summed E-state index contributed by atoms with van der Waals surface area (Å²) in [6.45, 7) is 7.23. The van der Waals surface area contributed by atoms with E-state index in [0.717, 1.165) is 16.7 Å². The minimum absolute atomic E-state index is 0.296. The molecule has 0 aliphatic heterocycles. The molecule has 30 heavy (non-hydrogen) atoms. The number of halogens is 1. The van der Waals surface area contributed by atoms with Gasteiger partial charge in [-0.3, -0.25) is 4.79 Å². The van der Waals surface area contributed by atoms with Crippen molar-refractivity contribution in [1.82, 2.24) is 0 Å². The van der Waals surface area contributed by atoms with Crippen LogP contribution >= 0.6 is 11.6 Å². The number of nitrogens with one attached hydrogen (secondary N) is 1. The first-order chi connectivity index (χ1) is 14.1. The van der Waals surface area contributed by atoms with E-state index in [9.17, 15) is 9.59 Å². The second-order valence-electron chi connectivity index (χ2n) is 8.04. The molecule has 0 fully saturated rings. The van der Waals surface area contributed by atoms with Gasteiger partial charge < -0.3 is 10.1 Å². The van der Waals surface area contributed by atoms with Crippen LogP contribution in [0.2, 0.25) is 5.02 Å². The molecule has 0 saturated heterocycles. The molecule has 0 spiro atoms. The lowest BCUT2D eigenvalue weighted by atomic mass is 10.0. The van der Waals surface area contributed by atoms with Gasteiger partial charge in [-0.25, -0.2) is 4.79 Å². The van der Waals surface area contributed by atoms with Crippen LogP contribution in [0.25, 0.3) is 11.1 Å². The lowest BCUT2D eigenvalue weighted by molar-refractivity contribution is 0.00708. The summed E-state index contributed by atoms with van der Waals surface area (Å²) in [5.74, 6) is -0.815. The molecule has 5 heteroatoms. The quantitative estimate of drug-likeness (QED) is 0.487. The summed E-state index contributed by atoms with van der Waals surface area (Å²) >= 11 is 6.01. The molecule has 0 atom stereocenters. The third-order valence-corrected chi connectivity index (χ3v) is 4.66. The highest BCUT2D eigenvalue weighted by Crippen LogP contribution is 2.28. The van der Waals surface area contributed by atoms with Crippen LogP contribution in [0, 0.1) is 6.92 Å². The molecule has 3 aromatic carbocycles. The lowest BCUT2D eigenvalue weighted by Crippen LogP contribution is -2.25. The molecule has 3 aromatic rings. The van der Waals surface area contributed by atoms with Crippen molar-refractivity contribution >= 4 is 29.2 Å². The Morgan fingerprint density at radius 3 is 2.17 bits per heavy atom. The van der Waals surface area contributed by atoms with Gasteiger partial charge in [-0.2, -0.15) is 0 Å². The van der Waals surface area contributed by atoms with Gasteiger partial charge in [0.15, 0.2) is 0 Å². The van der Waals surface area contributed by atoms with Crippen molar-refractivity contribution in [3.63, 3.8) is 0 Å². The molecular weight excluding hydrogens is 398 g/mol. The fourth-order valence-electron chi connectivity index (χ4n) is 3.04. The molecular formula is C25H24ClNO3. The van der Waals surface area contributed by atoms with Gasteiger partial charge in [-0.1, -0.05) is 48.0 Å². The Bertz CT molecular complexity index is 1090. The van der Waals surface area contributed by atoms with Crippen LogP contribution in [-0.2, 0) is 4.74 Å². The van der Waals surface area contributed by atoms with Crippen molar-refractivity contribution in [2.24, 2.45) is 0 Å². The van der Waals surface area contributed by atoms with Crippen LogP contribution in [-0.4, -0.2) is 17.5 Å². The van der Waals surface area contributed by atoms with Gasteiger partial charge in [0.05, 0.1) is 11.3 Å². The summed E-state index contributed by atoms with van der Waals surface area (Å²) in [5, 5.41) is 3.44. The van der Waals surface area contributed by atoms with Crippen LogP contribution in [0.4, 0.5) is 5.69 Å². The van der Waals surface area contributed by atoms with Crippen LogP contribution in [0.15, 0.2) is 66.7 Å². The summed E-state index contributed by atoms with van der Waals surface area (Å²) in [7, 11) is 0. The number of hydrogen-bond donors (Lipinski definition) is 1. The Kier molecular flexibility index (Phi) is 6.28. The van der Waals surface area contributed by atoms with E-state index in [0.29, 0.717) is 21.8 Å². The largest absolute Gasteiger partial charge is 0.456 e. The number of anilines is 1. The number of hydrogen-bond acceptors (Lipinski definition) is 3. The molecule has 4 nitrogen and oxygen atoms in total. The fraction of sp³-hybridized carbons (Fsp3) is 0.200.